The van der Waals surface area contributed by atoms with Crippen molar-refractivity contribution >= 4 is 24.5 Å². The first-order valence-corrected chi connectivity index (χ1v) is 4.65. The van der Waals surface area contributed by atoms with Crippen molar-refractivity contribution in [3.63, 3.8) is 0 Å². The molecule has 0 aliphatic carbocycles. The fourth-order valence-electron chi connectivity index (χ4n) is 1.51. The second-order valence-corrected chi connectivity index (χ2v) is 3.44. The molecule has 0 saturated carbocycles. The molecule has 1 aliphatic heterocycles. The summed E-state index contributed by atoms with van der Waals surface area (Å²) in [4.78, 5) is 22.2. The van der Waals surface area contributed by atoms with Gasteiger partial charge in [-0.3, -0.25) is 10.1 Å². The molecule has 1 aliphatic rings. The molecule has 1 atom stereocenters. The molecule has 0 aromatic heterocycles. The molecule has 4 N–H and O–H groups in total. The fraction of sp³-hybridized carbons (Fsp3) is 0.111. The van der Waals surface area contributed by atoms with Crippen LogP contribution >= 0.6 is 0 Å². The van der Waals surface area contributed by atoms with Gasteiger partial charge in [-0.15, -0.1) is 0 Å². The predicted molar refractivity (Wildman–Crippen MR) is 55.7 cm³/mol. The average Bonchev–Trinajstić information content (AvgIpc) is 2.58. The van der Waals surface area contributed by atoms with Gasteiger partial charge in [0.1, 0.15) is 6.04 Å². The van der Waals surface area contributed by atoms with E-state index in [9.17, 15) is 9.59 Å². The minimum atomic E-state index is -1.54. The third-order valence-corrected chi connectivity index (χ3v) is 2.34. The minimum Gasteiger partial charge on any atom is -0.423 e. The second kappa shape index (κ2) is 3.95. The number of hydrogen-bond acceptors (Lipinski definition) is 4. The maximum absolute atomic E-state index is 11.3. The zero-order valence-corrected chi connectivity index (χ0v) is 8.18. The lowest BCUT2D eigenvalue weighted by Crippen LogP contribution is -2.30. The molecule has 3 amide bonds. The highest BCUT2D eigenvalue weighted by atomic mass is 16.4. The van der Waals surface area contributed by atoms with Gasteiger partial charge in [0.15, 0.2) is 0 Å². The molecule has 0 unspecified atom stereocenters. The van der Waals surface area contributed by atoms with E-state index in [1.807, 2.05) is 0 Å². The molecule has 0 radical (unpaired) electrons. The smallest absolute Gasteiger partial charge is 0.423 e. The van der Waals surface area contributed by atoms with Crippen LogP contribution in [0.25, 0.3) is 0 Å². The van der Waals surface area contributed by atoms with E-state index in [1.165, 1.54) is 12.1 Å². The Morgan fingerprint density at radius 3 is 2.19 bits per heavy atom. The number of carbonyl (C=O) groups excluding carboxylic acids is 2. The number of benzene rings is 1. The molecule has 1 heterocycles. The normalized spacial score (nSPS) is 19.2. The molecular formula is C9H9BN2O4. The van der Waals surface area contributed by atoms with Crippen LogP contribution in [0.15, 0.2) is 24.3 Å². The quantitative estimate of drug-likeness (QED) is 0.350. The van der Waals surface area contributed by atoms with Crippen molar-refractivity contribution in [1.29, 1.82) is 0 Å². The lowest BCUT2D eigenvalue weighted by molar-refractivity contribution is -0.120. The van der Waals surface area contributed by atoms with Gasteiger partial charge in [-0.25, -0.2) is 4.79 Å². The zero-order valence-electron chi connectivity index (χ0n) is 8.18. The van der Waals surface area contributed by atoms with Crippen molar-refractivity contribution in [2.24, 2.45) is 0 Å². The summed E-state index contributed by atoms with van der Waals surface area (Å²) >= 11 is 0. The summed E-state index contributed by atoms with van der Waals surface area (Å²) in [6.45, 7) is 0. The zero-order chi connectivity index (χ0) is 11.7. The van der Waals surface area contributed by atoms with Gasteiger partial charge in [0.25, 0.3) is 5.91 Å². The van der Waals surface area contributed by atoms with Gasteiger partial charge in [-0.1, -0.05) is 24.3 Å². The number of nitrogens with one attached hydrogen (secondary N) is 2. The third-order valence-electron chi connectivity index (χ3n) is 2.34. The number of carbonyl (C=O) groups is 2. The molecule has 7 heteroatoms. The summed E-state index contributed by atoms with van der Waals surface area (Å²) in [5, 5.41) is 22.3. The first-order valence-electron chi connectivity index (χ1n) is 4.65. The minimum absolute atomic E-state index is 0.327. The van der Waals surface area contributed by atoms with Gasteiger partial charge in [-0.2, -0.15) is 0 Å². The van der Waals surface area contributed by atoms with E-state index >= 15 is 0 Å². The molecule has 1 saturated heterocycles. The number of rotatable bonds is 2. The van der Waals surface area contributed by atoms with E-state index in [1.54, 1.807) is 12.1 Å². The first-order chi connectivity index (χ1) is 7.58. The van der Waals surface area contributed by atoms with Gasteiger partial charge < -0.3 is 15.4 Å². The molecule has 0 bridgehead atoms. The van der Waals surface area contributed by atoms with E-state index < -0.39 is 25.1 Å². The van der Waals surface area contributed by atoms with Crippen LogP contribution in [0.5, 0.6) is 0 Å². The number of amides is 3. The van der Waals surface area contributed by atoms with Gasteiger partial charge in [-0.05, 0) is 11.0 Å². The Morgan fingerprint density at radius 2 is 1.75 bits per heavy atom. The molecule has 16 heavy (non-hydrogen) atoms. The Labute approximate surface area is 91.4 Å². The Balaban J connectivity index is 2.22. The van der Waals surface area contributed by atoms with Crippen LogP contribution in [-0.2, 0) is 4.79 Å². The summed E-state index contributed by atoms with van der Waals surface area (Å²) in [6, 6.07) is 4.85. The molecule has 1 fully saturated rings. The summed E-state index contributed by atoms with van der Waals surface area (Å²) in [5.41, 5.74) is 0.918. The third kappa shape index (κ3) is 1.90. The fourth-order valence-corrected chi connectivity index (χ4v) is 1.51. The van der Waals surface area contributed by atoms with Crippen molar-refractivity contribution in [2.45, 2.75) is 6.04 Å². The molecule has 2 rings (SSSR count). The lowest BCUT2D eigenvalue weighted by Gasteiger charge is -2.08. The van der Waals surface area contributed by atoms with Crippen LogP contribution in [0.2, 0.25) is 0 Å². The Bertz CT molecular complexity index is 432. The molecule has 82 valence electrons. The molecule has 1 aromatic carbocycles. The number of imide groups is 1. The Kier molecular flexibility index (Phi) is 2.63. The highest BCUT2D eigenvalue weighted by Crippen LogP contribution is 2.15. The summed E-state index contributed by atoms with van der Waals surface area (Å²) in [7, 11) is -1.54. The van der Waals surface area contributed by atoms with E-state index in [0.717, 1.165) is 0 Å². The molecular weight excluding hydrogens is 211 g/mol. The topological polar surface area (TPSA) is 98.7 Å². The van der Waals surface area contributed by atoms with Crippen LogP contribution in [0.1, 0.15) is 11.6 Å². The lowest BCUT2D eigenvalue weighted by atomic mass is 9.80. The van der Waals surface area contributed by atoms with Gasteiger partial charge in [0.05, 0.1) is 0 Å². The van der Waals surface area contributed by atoms with Crippen LogP contribution in [0, 0.1) is 0 Å². The second-order valence-electron chi connectivity index (χ2n) is 3.44. The van der Waals surface area contributed by atoms with Gasteiger partial charge in [0, 0.05) is 0 Å². The largest absolute Gasteiger partial charge is 0.488 e. The van der Waals surface area contributed by atoms with E-state index in [2.05, 4.69) is 10.6 Å². The predicted octanol–water partition coefficient (Wildman–Crippen LogP) is -1.75. The van der Waals surface area contributed by atoms with Crippen LogP contribution < -0.4 is 16.1 Å². The van der Waals surface area contributed by atoms with Crippen LogP contribution in [-0.4, -0.2) is 29.1 Å². The van der Waals surface area contributed by atoms with Crippen molar-refractivity contribution in [2.75, 3.05) is 0 Å². The standard InChI is InChI=1S/C9H9BN2O4/c13-8-7(11-9(14)12-8)5-1-3-6(4-2-5)10(15)16/h1-4,7,15-16H,(H2,11,12,13,14)/t7-/m0/s1. The number of hydrogen-bond donors (Lipinski definition) is 4. The molecule has 0 spiro atoms. The highest BCUT2D eigenvalue weighted by Gasteiger charge is 2.30. The van der Waals surface area contributed by atoms with E-state index in [-0.39, 0.29) is 0 Å². The Morgan fingerprint density at radius 1 is 1.12 bits per heavy atom. The van der Waals surface area contributed by atoms with Gasteiger partial charge in [0.2, 0.25) is 0 Å². The van der Waals surface area contributed by atoms with Gasteiger partial charge >= 0.3 is 13.1 Å². The maximum Gasteiger partial charge on any atom is 0.488 e. The Hall–Kier alpha value is -1.86. The maximum atomic E-state index is 11.3. The summed E-state index contributed by atoms with van der Waals surface area (Å²) < 4.78 is 0. The van der Waals surface area contributed by atoms with Crippen molar-refractivity contribution in [1.82, 2.24) is 10.6 Å². The summed E-state index contributed by atoms with van der Waals surface area (Å²) in [6.07, 6.45) is 0. The monoisotopic (exact) mass is 220 g/mol. The molecule has 1 aromatic rings. The van der Waals surface area contributed by atoms with Crippen molar-refractivity contribution < 1.29 is 19.6 Å². The molecule has 6 nitrogen and oxygen atoms in total. The highest BCUT2D eigenvalue weighted by molar-refractivity contribution is 6.58. The first kappa shape index (κ1) is 10.7. The van der Waals surface area contributed by atoms with Crippen LogP contribution in [0.3, 0.4) is 0 Å². The average molecular weight is 220 g/mol. The number of urea groups is 1. The van der Waals surface area contributed by atoms with E-state index in [4.69, 9.17) is 10.0 Å². The van der Waals surface area contributed by atoms with Crippen LogP contribution in [0.4, 0.5) is 4.79 Å². The van der Waals surface area contributed by atoms with Crippen molar-refractivity contribution in [3.8, 4) is 0 Å². The van der Waals surface area contributed by atoms with E-state index in [0.29, 0.717) is 11.0 Å². The SMILES string of the molecule is O=C1NC(=O)[C@H](c2ccc(B(O)O)cc2)N1. The van der Waals surface area contributed by atoms with Crippen molar-refractivity contribution in [3.05, 3.63) is 29.8 Å². The summed E-state index contributed by atoms with van der Waals surface area (Å²) in [5.74, 6) is -0.415.